The summed E-state index contributed by atoms with van der Waals surface area (Å²) in [6, 6.07) is 18.2. The standard InChI is InChI=1S/C29H27N3O6/c1-4-14-38-19-9-7-8-18(15-19)26(33)24-25(17-12-13-22(36-2)23(16-17)37-3)32(28(35)27(24)34)29-30-20-10-5-6-11-21(20)31-29/h5-13,15-16,25,33H,4,14H2,1-3H3,(H,30,31)/b26-24+. The summed E-state index contributed by atoms with van der Waals surface area (Å²) in [5.74, 6) is -0.333. The number of ketones is 1. The number of rotatable bonds is 8. The highest BCUT2D eigenvalue weighted by atomic mass is 16.5. The van der Waals surface area contributed by atoms with E-state index in [1.54, 1.807) is 48.5 Å². The highest BCUT2D eigenvalue weighted by Crippen LogP contribution is 2.44. The fraction of sp³-hybridized carbons (Fsp3) is 0.207. The first-order valence-electron chi connectivity index (χ1n) is 12.2. The van der Waals surface area contributed by atoms with Gasteiger partial charge < -0.3 is 24.3 Å². The minimum atomic E-state index is -0.990. The smallest absolute Gasteiger partial charge is 0.302 e. The van der Waals surface area contributed by atoms with Gasteiger partial charge in [-0.2, -0.15) is 0 Å². The number of amides is 1. The van der Waals surface area contributed by atoms with Gasteiger partial charge in [0.05, 0.1) is 43.5 Å². The maximum atomic E-state index is 13.5. The number of benzene rings is 3. The zero-order chi connectivity index (χ0) is 26.8. The van der Waals surface area contributed by atoms with Gasteiger partial charge in [0, 0.05) is 5.56 Å². The summed E-state index contributed by atoms with van der Waals surface area (Å²) in [5.41, 5.74) is 2.15. The van der Waals surface area contributed by atoms with Gasteiger partial charge >= 0.3 is 5.91 Å². The van der Waals surface area contributed by atoms with Crippen molar-refractivity contribution in [3.05, 3.63) is 83.4 Å². The molecule has 38 heavy (non-hydrogen) atoms. The average molecular weight is 514 g/mol. The molecule has 4 aromatic rings. The summed E-state index contributed by atoms with van der Waals surface area (Å²) in [4.78, 5) is 36.0. The molecule has 1 unspecified atom stereocenters. The summed E-state index contributed by atoms with van der Waals surface area (Å²) in [6.45, 7) is 2.50. The molecule has 1 fully saturated rings. The van der Waals surface area contributed by atoms with Gasteiger partial charge in [0.2, 0.25) is 5.95 Å². The number of nitrogens with one attached hydrogen (secondary N) is 1. The van der Waals surface area contributed by atoms with E-state index in [2.05, 4.69) is 9.97 Å². The Kier molecular flexibility index (Phi) is 6.74. The lowest BCUT2D eigenvalue weighted by Crippen LogP contribution is -2.30. The van der Waals surface area contributed by atoms with Gasteiger partial charge in [-0.25, -0.2) is 4.98 Å². The molecular formula is C29H27N3O6. The van der Waals surface area contributed by atoms with Crippen molar-refractivity contribution < 1.29 is 28.9 Å². The lowest BCUT2D eigenvalue weighted by molar-refractivity contribution is -0.132. The van der Waals surface area contributed by atoms with Crippen molar-refractivity contribution in [2.75, 3.05) is 25.7 Å². The monoisotopic (exact) mass is 513 g/mol. The highest BCUT2D eigenvalue weighted by Gasteiger charge is 2.48. The molecule has 1 atom stereocenters. The Morgan fingerprint density at radius 3 is 2.53 bits per heavy atom. The third-order valence-corrected chi connectivity index (χ3v) is 6.35. The van der Waals surface area contributed by atoms with Gasteiger partial charge in [-0.05, 0) is 48.4 Å². The van der Waals surface area contributed by atoms with Crippen molar-refractivity contribution in [2.24, 2.45) is 0 Å². The second kappa shape index (κ2) is 10.3. The van der Waals surface area contributed by atoms with Crippen LogP contribution in [0.5, 0.6) is 17.2 Å². The zero-order valence-corrected chi connectivity index (χ0v) is 21.2. The number of carbonyl (C=O) groups excluding carboxylic acids is 2. The van der Waals surface area contributed by atoms with Crippen LogP contribution in [-0.4, -0.2) is 47.6 Å². The third kappa shape index (κ3) is 4.32. The van der Waals surface area contributed by atoms with Crippen LogP contribution in [0.4, 0.5) is 5.95 Å². The molecule has 1 aromatic heterocycles. The number of aliphatic hydroxyl groups excluding tert-OH is 1. The summed E-state index contributed by atoms with van der Waals surface area (Å²) in [5, 5.41) is 11.5. The average Bonchev–Trinajstić information content (AvgIpc) is 3.49. The Balaban J connectivity index is 1.71. The number of para-hydroxylation sites is 2. The Labute approximate surface area is 219 Å². The zero-order valence-electron chi connectivity index (χ0n) is 21.2. The number of methoxy groups -OCH3 is 2. The molecule has 1 amide bonds. The van der Waals surface area contributed by atoms with Crippen LogP contribution >= 0.6 is 0 Å². The van der Waals surface area contributed by atoms with Crippen LogP contribution in [-0.2, 0) is 9.59 Å². The molecule has 3 aromatic carbocycles. The van der Waals surface area contributed by atoms with Crippen LogP contribution in [0.1, 0.15) is 30.5 Å². The van der Waals surface area contributed by atoms with E-state index in [1.807, 2.05) is 25.1 Å². The SMILES string of the molecule is CCCOc1cccc(/C(O)=C2\C(=O)C(=O)N(c3nc4ccccc4[nH]3)C2c2ccc(OC)c(OC)c2)c1. The summed E-state index contributed by atoms with van der Waals surface area (Å²) in [6.07, 6.45) is 0.818. The molecule has 2 N–H and O–H groups in total. The number of ether oxygens (including phenoxy) is 3. The van der Waals surface area contributed by atoms with Crippen LogP contribution in [0.15, 0.2) is 72.3 Å². The van der Waals surface area contributed by atoms with Crippen LogP contribution < -0.4 is 19.1 Å². The van der Waals surface area contributed by atoms with E-state index in [0.29, 0.717) is 46.0 Å². The van der Waals surface area contributed by atoms with E-state index in [4.69, 9.17) is 14.2 Å². The van der Waals surface area contributed by atoms with Crippen LogP contribution in [0.25, 0.3) is 16.8 Å². The number of fused-ring (bicyclic) bond motifs is 1. The normalized spacial score (nSPS) is 16.7. The lowest BCUT2D eigenvalue weighted by atomic mass is 9.95. The first kappa shape index (κ1) is 24.9. The van der Waals surface area contributed by atoms with Gasteiger partial charge in [0.15, 0.2) is 11.5 Å². The largest absolute Gasteiger partial charge is 0.507 e. The summed E-state index contributed by atoms with van der Waals surface area (Å²) in [7, 11) is 3.02. The fourth-order valence-electron chi connectivity index (χ4n) is 4.55. The van der Waals surface area contributed by atoms with Crippen LogP contribution in [0.3, 0.4) is 0 Å². The van der Waals surface area contributed by atoms with Crippen molar-refractivity contribution in [1.82, 2.24) is 9.97 Å². The van der Waals surface area contributed by atoms with E-state index < -0.39 is 17.7 Å². The van der Waals surface area contributed by atoms with E-state index in [9.17, 15) is 14.7 Å². The van der Waals surface area contributed by atoms with Crippen molar-refractivity contribution >= 4 is 34.4 Å². The second-order valence-electron chi connectivity index (χ2n) is 8.74. The molecule has 0 spiro atoms. The number of hydrogen-bond donors (Lipinski definition) is 2. The van der Waals surface area contributed by atoms with Gasteiger partial charge in [-0.3, -0.25) is 14.5 Å². The number of anilines is 1. The molecular weight excluding hydrogens is 486 g/mol. The molecule has 0 saturated carbocycles. The Morgan fingerprint density at radius 2 is 1.79 bits per heavy atom. The molecule has 0 radical (unpaired) electrons. The molecule has 0 bridgehead atoms. The van der Waals surface area contributed by atoms with Crippen molar-refractivity contribution in [3.8, 4) is 17.2 Å². The predicted molar refractivity (Wildman–Crippen MR) is 143 cm³/mol. The maximum absolute atomic E-state index is 13.5. The molecule has 9 nitrogen and oxygen atoms in total. The molecule has 5 rings (SSSR count). The lowest BCUT2D eigenvalue weighted by Gasteiger charge is -2.24. The number of imidazole rings is 1. The first-order valence-corrected chi connectivity index (χ1v) is 12.2. The maximum Gasteiger partial charge on any atom is 0.302 e. The van der Waals surface area contributed by atoms with Crippen LogP contribution in [0, 0.1) is 0 Å². The quantitative estimate of drug-likeness (QED) is 0.194. The fourth-order valence-corrected chi connectivity index (χ4v) is 4.55. The van der Waals surface area contributed by atoms with E-state index in [0.717, 1.165) is 6.42 Å². The van der Waals surface area contributed by atoms with E-state index in [-0.39, 0.29) is 17.3 Å². The van der Waals surface area contributed by atoms with Crippen molar-refractivity contribution in [2.45, 2.75) is 19.4 Å². The van der Waals surface area contributed by atoms with Crippen LogP contribution in [0.2, 0.25) is 0 Å². The van der Waals surface area contributed by atoms with Gasteiger partial charge in [0.1, 0.15) is 11.5 Å². The topological polar surface area (TPSA) is 114 Å². The molecule has 1 aliphatic heterocycles. The second-order valence-corrected chi connectivity index (χ2v) is 8.74. The summed E-state index contributed by atoms with van der Waals surface area (Å²) < 4.78 is 16.6. The number of H-pyrrole nitrogens is 1. The molecule has 2 heterocycles. The Bertz CT molecular complexity index is 1520. The highest BCUT2D eigenvalue weighted by molar-refractivity contribution is 6.51. The van der Waals surface area contributed by atoms with E-state index in [1.165, 1.54) is 19.1 Å². The van der Waals surface area contributed by atoms with Gasteiger partial charge in [0.25, 0.3) is 5.78 Å². The van der Waals surface area contributed by atoms with Crippen molar-refractivity contribution in [1.29, 1.82) is 0 Å². The number of nitrogens with zero attached hydrogens (tertiary/aromatic N) is 2. The molecule has 1 aliphatic rings. The number of carbonyl (C=O) groups is 2. The number of aliphatic hydroxyl groups is 1. The third-order valence-electron chi connectivity index (χ3n) is 6.35. The number of aromatic amines is 1. The number of Topliss-reactive ketones (excluding diaryl/α,β-unsaturated/α-hetero) is 1. The summed E-state index contributed by atoms with van der Waals surface area (Å²) >= 11 is 0. The minimum Gasteiger partial charge on any atom is -0.507 e. The molecule has 9 heteroatoms. The Morgan fingerprint density at radius 1 is 1.00 bits per heavy atom. The molecule has 194 valence electrons. The van der Waals surface area contributed by atoms with Gasteiger partial charge in [-0.1, -0.05) is 37.3 Å². The Hall–Kier alpha value is -4.79. The van der Waals surface area contributed by atoms with E-state index >= 15 is 0 Å². The first-order chi connectivity index (χ1) is 18.5. The van der Waals surface area contributed by atoms with Gasteiger partial charge in [-0.15, -0.1) is 0 Å². The minimum absolute atomic E-state index is 0.0738. The molecule has 1 saturated heterocycles. The predicted octanol–water partition coefficient (Wildman–Crippen LogP) is 5.00. The number of hydrogen-bond acceptors (Lipinski definition) is 7. The van der Waals surface area contributed by atoms with Crippen molar-refractivity contribution in [3.63, 3.8) is 0 Å². The molecule has 0 aliphatic carbocycles. The number of aromatic nitrogens is 2.